The van der Waals surface area contributed by atoms with Crippen LogP contribution in [0, 0.1) is 0 Å². The van der Waals surface area contributed by atoms with Crippen LogP contribution in [0.3, 0.4) is 0 Å². The lowest BCUT2D eigenvalue weighted by atomic mass is 10.3. The fraction of sp³-hybridized carbons (Fsp3) is 0.167. The van der Waals surface area contributed by atoms with Crippen molar-refractivity contribution < 1.29 is 14.3 Å². The van der Waals surface area contributed by atoms with Crippen molar-refractivity contribution in [2.24, 2.45) is 7.05 Å². The molecule has 0 aromatic carbocycles. The van der Waals surface area contributed by atoms with E-state index in [1.165, 1.54) is 12.4 Å². The number of furan rings is 1. The second-order valence-corrected chi connectivity index (χ2v) is 4.15. The first-order valence-corrected chi connectivity index (χ1v) is 5.84. The third-order valence-corrected chi connectivity index (χ3v) is 2.83. The molecule has 3 heterocycles. The lowest BCUT2D eigenvalue weighted by Gasteiger charge is -2.04. The summed E-state index contributed by atoms with van der Waals surface area (Å²) in [5, 5.41) is 16.8. The van der Waals surface area contributed by atoms with Gasteiger partial charge in [0.1, 0.15) is 17.9 Å². The Morgan fingerprint density at radius 1 is 1.45 bits per heavy atom. The maximum Gasteiger partial charge on any atom is 0.371 e. The molecule has 0 spiro atoms. The van der Waals surface area contributed by atoms with Crippen LogP contribution in [0.15, 0.2) is 29.1 Å². The summed E-state index contributed by atoms with van der Waals surface area (Å²) < 4.78 is 6.81. The van der Waals surface area contributed by atoms with Crippen molar-refractivity contribution in [3.8, 4) is 0 Å². The van der Waals surface area contributed by atoms with E-state index in [4.69, 9.17) is 9.52 Å². The lowest BCUT2D eigenvalue weighted by Crippen LogP contribution is -2.02. The molecule has 3 aromatic heterocycles. The molecule has 0 aliphatic rings. The number of carbonyl (C=O) groups is 1. The first-order valence-electron chi connectivity index (χ1n) is 5.84. The van der Waals surface area contributed by atoms with Gasteiger partial charge < -0.3 is 14.8 Å². The van der Waals surface area contributed by atoms with Gasteiger partial charge in [0, 0.05) is 7.05 Å². The fourth-order valence-electron chi connectivity index (χ4n) is 1.86. The molecule has 0 fully saturated rings. The third-order valence-electron chi connectivity index (χ3n) is 2.83. The number of aromatic nitrogens is 4. The Morgan fingerprint density at radius 3 is 3.05 bits per heavy atom. The molecule has 3 aromatic rings. The molecule has 8 heteroatoms. The molecule has 0 aliphatic heterocycles. The zero-order valence-electron chi connectivity index (χ0n) is 10.6. The number of carboxylic acids is 1. The number of aromatic carboxylic acids is 1. The van der Waals surface area contributed by atoms with Crippen LogP contribution in [0.1, 0.15) is 16.3 Å². The highest BCUT2D eigenvalue weighted by molar-refractivity contribution is 5.86. The number of carboxylic acid groups (broad SMARTS) is 1. The predicted octanol–water partition coefficient (Wildman–Crippen LogP) is 1.27. The maximum absolute atomic E-state index is 10.7. The lowest BCUT2D eigenvalue weighted by molar-refractivity contribution is 0.0660. The third kappa shape index (κ3) is 2.07. The first-order chi connectivity index (χ1) is 9.65. The van der Waals surface area contributed by atoms with Gasteiger partial charge in [0.15, 0.2) is 5.65 Å². The number of hydrogen-bond donors (Lipinski definition) is 2. The second kappa shape index (κ2) is 4.65. The number of rotatable bonds is 4. The maximum atomic E-state index is 10.7. The van der Waals surface area contributed by atoms with E-state index in [2.05, 4.69) is 20.4 Å². The van der Waals surface area contributed by atoms with Gasteiger partial charge in [0.25, 0.3) is 0 Å². The van der Waals surface area contributed by atoms with E-state index in [9.17, 15) is 4.79 Å². The smallest absolute Gasteiger partial charge is 0.371 e. The van der Waals surface area contributed by atoms with Crippen LogP contribution in [0.25, 0.3) is 11.0 Å². The van der Waals surface area contributed by atoms with E-state index < -0.39 is 5.97 Å². The quantitative estimate of drug-likeness (QED) is 0.737. The number of aryl methyl sites for hydroxylation is 1. The van der Waals surface area contributed by atoms with Crippen molar-refractivity contribution in [3.05, 3.63) is 36.2 Å². The Balaban J connectivity index is 1.81. The minimum Gasteiger partial charge on any atom is -0.475 e. The molecule has 8 nitrogen and oxygen atoms in total. The molecule has 0 atom stereocenters. The van der Waals surface area contributed by atoms with E-state index in [0.717, 1.165) is 5.39 Å². The van der Waals surface area contributed by atoms with Gasteiger partial charge in [-0.2, -0.15) is 5.10 Å². The molecule has 0 saturated carbocycles. The topological polar surface area (TPSA) is 106 Å². The Kier molecular flexibility index (Phi) is 2.82. The number of fused-ring (bicyclic) bond motifs is 1. The zero-order chi connectivity index (χ0) is 14.1. The minimum atomic E-state index is -1.09. The molecule has 0 aliphatic carbocycles. The number of nitrogens with one attached hydrogen (secondary N) is 1. The van der Waals surface area contributed by atoms with Crippen molar-refractivity contribution in [2.45, 2.75) is 6.54 Å². The second-order valence-electron chi connectivity index (χ2n) is 4.15. The molecule has 102 valence electrons. The standard InChI is InChI=1S/C12H11N5O3/c1-17-11-8(5-16-17)10(14-6-15-11)13-4-7-2-3-9(20-7)12(18)19/h2-3,5-6H,4H2,1H3,(H,18,19)(H,13,14,15). The van der Waals surface area contributed by atoms with Crippen LogP contribution in [-0.4, -0.2) is 30.8 Å². The summed E-state index contributed by atoms with van der Waals surface area (Å²) in [6.45, 7) is 0.328. The van der Waals surface area contributed by atoms with Crippen molar-refractivity contribution in [2.75, 3.05) is 5.32 Å². The number of nitrogens with zero attached hydrogens (tertiary/aromatic N) is 4. The van der Waals surface area contributed by atoms with E-state index in [1.54, 1.807) is 24.0 Å². The molecule has 0 radical (unpaired) electrons. The van der Waals surface area contributed by atoms with Crippen LogP contribution in [0.5, 0.6) is 0 Å². The van der Waals surface area contributed by atoms with Gasteiger partial charge >= 0.3 is 5.97 Å². The molecule has 20 heavy (non-hydrogen) atoms. The molecule has 0 unspecified atom stereocenters. The monoisotopic (exact) mass is 273 g/mol. The molecule has 2 N–H and O–H groups in total. The van der Waals surface area contributed by atoms with E-state index in [-0.39, 0.29) is 5.76 Å². The van der Waals surface area contributed by atoms with Crippen LogP contribution >= 0.6 is 0 Å². The molecule has 0 amide bonds. The summed E-state index contributed by atoms with van der Waals surface area (Å²) in [6.07, 6.45) is 3.11. The van der Waals surface area contributed by atoms with Crippen molar-refractivity contribution >= 4 is 22.8 Å². The average molecular weight is 273 g/mol. The first kappa shape index (κ1) is 12.2. The van der Waals surface area contributed by atoms with Gasteiger partial charge in [-0.3, -0.25) is 4.68 Å². The Morgan fingerprint density at radius 2 is 2.30 bits per heavy atom. The molecule has 0 saturated heterocycles. The van der Waals surface area contributed by atoms with Crippen molar-refractivity contribution in [1.29, 1.82) is 0 Å². The van der Waals surface area contributed by atoms with Gasteiger partial charge in [-0.1, -0.05) is 0 Å². The van der Waals surface area contributed by atoms with E-state index in [0.29, 0.717) is 23.8 Å². The molecular weight excluding hydrogens is 262 g/mol. The van der Waals surface area contributed by atoms with Gasteiger partial charge in [-0.15, -0.1) is 0 Å². The summed E-state index contributed by atoms with van der Waals surface area (Å²) in [7, 11) is 1.80. The van der Waals surface area contributed by atoms with Crippen molar-refractivity contribution in [3.63, 3.8) is 0 Å². The number of anilines is 1. The van der Waals surface area contributed by atoms with Crippen molar-refractivity contribution in [1.82, 2.24) is 19.7 Å². The molecule has 0 bridgehead atoms. The molecule has 3 rings (SSSR count). The van der Waals surface area contributed by atoms with Gasteiger partial charge in [0.2, 0.25) is 5.76 Å². The highest BCUT2D eigenvalue weighted by Crippen LogP contribution is 2.19. The van der Waals surface area contributed by atoms with Crippen LogP contribution < -0.4 is 5.32 Å². The van der Waals surface area contributed by atoms with Gasteiger partial charge in [-0.05, 0) is 12.1 Å². The highest BCUT2D eigenvalue weighted by atomic mass is 16.4. The summed E-state index contributed by atoms with van der Waals surface area (Å²) in [4.78, 5) is 19.0. The zero-order valence-corrected chi connectivity index (χ0v) is 10.6. The van der Waals surface area contributed by atoms with Gasteiger partial charge in [0.05, 0.1) is 18.1 Å². The largest absolute Gasteiger partial charge is 0.475 e. The Hall–Kier alpha value is -2.90. The fourth-order valence-corrected chi connectivity index (χ4v) is 1.86. The van der Waals surface area contributed by atoms with Crippen LogP contribution in [0.2, 0.25) is 0 Å². The summed E-state index contributed by atoms with van der Waals surface area (Å²) in [5.41, 5.74) is 0.716. The number of hydrogen-bond acceptors (Lipinski definition) is 6. The Labute approximate surface area is 113 Å². The van der Waals surface area contributed by atoms with Crippen LogP contribution in [-0.2, 0) is 13.6 Å². The van der Waals surface area contributed by atoms with E-state index >= 15 is 0 Å². The summed E-state index contributed by atoms with van der Waals surface area (Å²) >= 11 is 0. The van der Waals surface area contributed by atoms with Crippen LogP contribution in [0.4, 0.5) is 5.82 Å². The summed E-state index contributed by atoms with van der Waals surface area (Å²) in [6, 6.07) is 3.02. The minimum absolute atomic E-state index is 0.0870. The predicted molar refractivity (Wildman–Crippen MR) is 69.3 cm³/mol. The normalized spacial score (nSPS) is 10.8. The average Bonchev–Trinajstić information content (AvgIpc) is 3.04. The summed E-state index contributed by atoms with van der Waals surface area (Å²) in [5.74, 6) is -0.0432. The van der Waals surface area contributed by atoms with Gasteiger partial charge in [-0.25, -0.2) is 14.8 Å². The Bertz CT molecular complexity index is 776. The molecular formula is C12H11N5O3. The SMILES string of the molecule is Cn1ncc2c(NCc3ccc(C(=O)O)o3)ncnc21. The van der Waals surface area contributed by atoms with E-state index in [1.807, 2.05) is 0 Å². The highest BCUT2D eigenvalue weighted by Gasteiger charge is 2.10.